The van der Waals surface area contributed by atoms with Crippen molar-refractivity contribution < 1.29 is 9.91 Å². The zero-order valence-electron chi connectivity index (χ0n) is 8.33. The number of hydrogen-bond donors (Lipinski definition) is 1. The van der Waals surface area contributed by atoms with E-state index in [-0.39, 0.29) is 12.6 Å². The van der Waals surface area contributed by atoms with Gasteiger partial charge in [-0.3, -0.25) is 0 Å². The minimum atomic E-state index is -0.517. The van der Waals surface area contributed by atoms with Crippen molar-refractivity contribution in [1.82, 2.24) is 9.55 Å². The first kappa shape index (κ1) is 10.1. The number of aromatic nitrogens is 3. The van der Waals surface area contributed by atoms with E-state index in [0.717, 1.165) is 5.82 Å². The number of pyridine rings is 1. The lowest BCUT2D eigenvalue weighted by Gasteiger charge is -1.99. The van der Waals surface area contributed by atoms with Crippen LogP contribution in [0, 0.1) is 10.1 Å². The predicted molar refractivity (Wildman–Crippen MR) is 55.5 cm³/mol. The Morgan fingerprint density at radius 1 is 1.56 bits per heavy atom. The van der Waals surface area contributed by atoms with E-state index in [1.807, 2.05) is 18.2 Å². The lowest BCUT2D eigenvalue weighted by atomic mass is 10.5. The topological polar surface area (TPSA) is 87.1 Å². The summed E-state index contributed by atoms with van der Waals surface area (Å²) in [4.78, 5) is 16.7. The van der Waals surface area contributed by atoms with Crippen molar-refractivity contribution in [3.63, 3.8) is 0 Å². The second-order valence-electron chi connectivity index (χ2n) is 3.07. The van der Waals surface area contributed by atoms with Gasteiger partial charge in [-0.15, -0.1) is 0 Å². The van der Waals surface area contributed by atoms with Crippen LogP contribution in [-0.2, 0) is 6.67 Å². The molecule has 2 aromatic heterocycles. The standard InChI is InChI=1S/C9H9N5O2/c15-14(16)9-11-5-6-13(9)7-12-8-3-1-2-4-10-8/h1-6H,7H2,(H,10,12)/p+1. The molecule has 7 nitrogen and oxygen atoms in total. The lowest BCUT2D eigenvalue weighted by molar-refractivity contribution is -0.396. The van der Waals surface area contributed by atoms with Crippen molar-refractivity contribution >= 4 is 11.8 Å². The number of hydrogen-bond acceptors (Lipinski definition) is 4. The summed E-state index contributed by atoms with van der Waals surface area (Å²) in [6, 6.07) is 5.55. The molecule has 2 N–H and O–H groups in total. The molecule has 0 saturated heterocycles. The molecular formula is C9H10N5O2+. The fourth-order valence-electron chi connectivity index (χ4n) is 1.27. The average molecular weight is 220 g/mol. The van der Waals surface area contributed by atoms with E-state index >= 15 is 0 Å². The van der Waals surface area contributed by atoms with Crippen molar-refractivity contribution in [3.8, 4) is 0 Å². The van der Waals surface area contributed by atoms with E-state index in [1.165, 1.54) is 10.8 Å². The molecule has 0 radical (unpaired) electrons. The Morgan fingerprint density at radius 2 is 2.44 bits per heavy atom. The van der Waals surface area contributed by atoms with Gasteiger partial charge in [0.2, 0.25) is 6.67 Å². The van der Waals surface area contributed by atoms with Crippen molar-refractivity contribution in [2.45, 2.75) is 6.67 Å². The highest BCUT2D eigenvalue weighted by Gasteiger charge is 2.14. The molecule has 0 aliphatic carbocycles. The number of rotatable bonds is 4. The predicted octanol–water partition coefficient (Wildman–Crippen LogP) is 0.675. The van der Waals surface area contributed by atoms with Crippen LogP contribution in [0.25, 0.3) is 0 Å². The number of H-pyrrole nitrogens is 1. The molecule has 2 heterocycles. The number of aromatic amines is 1. The Balaban J connectivity index is 2.05. The Labute approximate surface area is 90.9 Å². The van der Waals surface area contributed by atoms with Gasteiger partial charge >= 0.3 is 5.95 Å². The summed E-state index contributed by atoms with van der Waals surface area (Å²) in [5, 5.41) is 13.6. The van der Waals surface area contributed by atoms with Gasteiger partial charge in [0, 0.05) is 6.07 Å². The number of nitro groups is 1. The SMILES string of the molecule is O=[N+]([O-])c1nccn1CNc1cccc[nH+]1. The van der Waals surface area contributed by atoms with E-state index in [2.05, 4.69) is 15.3 Å². The molecule has 2 rings (SSSR count). The molecule has 7 heteroatoms. The Kier molecular flexibility index (Phi) is 2.77. The van der Waals surface area contributed by atoms with Crippen LogP contribution in [0.1, 0.15) is 0 Å². The van der Waals surface area contributed by atoms with Gasteiger partial charge < -0.3 is 10.1 Å². The number of anilines is 1. The largest absolute Gasteiger partial charge is 0.437 e. The molecule has 16 heavy (non-hydrogen) atoms. The summed E-state index contributed by atoms with van der Waals surface area (Å²) in [6.45, 7) is 0.289. The molecule has 0 aliphatic heterocycles. The van der Waals surface area contributed by atoms with Gasteiger partial charge in [-0.1, -0.05) is 11.1 Å². The van der Waals surface area contributed by atoms with Gasteiger partial charge in [0.05, 0.1) is 6.20 Å². The van der Waals surface area contributed by atoms with Gasteiger partial charge in [0.25, 0.3) is 5.82 Å². The van der Waals surface area contributed by atoms with Crippen molar-refractivity contribution in [3.05, 3.63) is 46.9 Å². The Hall–Kier alpha value is -2.44. The second kappa shape index (κ2) is 4.39. The van der Waals surface area contributed by atoms with Crippen molar-refractivity contribution in [2.75, 3.05) is 5.32 Å². The summed E-state index contributed by atoms with van der Waals surface area (Å²) in [5.41, 5.74) is 0. The summed E-state index contributed by atoms with van der Waals surface area (Å²) in [6.07, 6.45) is 4.72. The molecule has 0 bridgehead atoms. The third-order valence-corrected chi connectivity index (χ3v) is 2.01. The van der Waals surface area contributed by atoms with Crippen molar-refractivity contribution in [2.24, 2.45) is 0 Å². The molecule has 0 spiro atoms. The first-order valence-corrected chi connectivity index (χ1v) is 4.63. The van der Waals surface area contributed by atoms with Crippen LogP contribution in [0.3, 0.4) is 0 Å². The lowest BCUT2D eigenvalue weighted by Crippen LogP contribution is -2.16. The number of nitrogens with zero attached hydrogens (tertiary/aromatic N) is 3. The highest BCUT2D eigenvalue weighted by atomic mass is 16.6. The van der Waals surface area contributed by atoms with Gasteiger partial charge in [0.1, 0.15) is 12.4 Å². The normalized spacial score (nSPS) is 10.0. The Bertz CT molecular complexity index is 482. The molecule has 82 valence electrons. The third kappa shape index (κ3) is 2.14. The van der Waals surface area contributed by atoms with E-state index in [9.17, 15) is 10.1 Å². The molecule has 0 unspecified atom stereocenters. The smallest absolute Gasteiger partial charge is 0.390 e. The van der Waals surface area contributed by atoms with Crippen LogP contribution in [0.4, 0.5) is 11.8 Å². The van der Waals surface area contributed by atoms with Gasteiger partial charge in [0.15, 0.2) is 0 Å². The maximum atomic E-state index is 10.6. The molecule has 0 atom stereocenters. The summed E-state index contributed by atoms with van der Waals surface area (Å²) in [5.74, 6) is 0.605. The monoisotopic (exact) mass is 220 g/mol. The summed E-state index contributed by atoms with van der Waals surface area (Å²) in [7, 11) is 0. The maximum Gasteiger partial charge on any atom is 0.437 e. The molecule has 0 fully saturated rings. The van der Waals surface area contributed by atoms with E-state index < -0.39 is 4.92 Å². The molecule has 0 saturated carbocycles. The zero-order chi connectivity index (χ0) is 11.4. The fraction of sp³-hybridized carbons (Fsp3) is 0.111. The minimum Gasteiger partial charge on any atom is -0.390 e. The molecule has 0 aliphatic rings. The molecule has 0 aromatic carbocycles. The second-order valence-corrected chi connectivity index (χ2v) is 3.07. The van der Waals surface area contributed by atoms with Gasteiger partial charge in [-0.05, 0) is 11.0 Å². The van der Waals surface area contributed by atoms with E-state index in [0.29, 0.717) is 0 Å². The average Bonchev–Trinajstić information content (AvgIpc) is 2.76. The van der Waals surface area contributed by atoms with Gasteiger partial charge in [-0.2, -0.15) is 4.57 Å². The minimum absolute atomic E-state index is 0.177. The van der Waals surface area contributed by atoms with Crippen LogP contribution < -0.4 is 10.3 Å². The third-order valence-electron chi connectivity index (χ3n) is 2.01. The van der Waals surface area contributed by atoms with Crippen LogP contribution in [-0.4, -0.2) is 14.5 Å². The van der Waals surface area contributed by atoms with Crippen LogP contribution in [0.5, 0.6) is 0 Å². The molecular weight excluding hydrogens is 210 g/mol. The molecule has 2 aromatic rings. The highest BCUT2D eigenvalue weighted by Crippen LogP contribution is 2.07. The maximum absolute atomic E-state index is 10.6. The van der Waals surface area contributed by atoms with Crippen LogP contribution in [0.2, 0.25) is 0 Å². The first-order chi connectivity index (χ1) is 7.77. The van der Waals surface area contributed by atoms with Crippen LogP contribution in [0.15, 0.2) is 36.8 Å². The summed E-state index contributed by atoms with van der Waals surface area (Å²) >= 11 is 0. The van der Waals surface area contributed by atoms with Crippen LogP contribution >= 0.6 is 0 Å². The highest BCUT2D eigenvalue weighted by molar-refractivity contribution is 5.26. The Morgan fingerprint density at radius 3 is 3.12 bits per heavy atom. The molecule has 0 amide bonds. The zero-order valence-corrected chi connectivity index (χ0v) is 8.33. The number of nitrogens with one attached hydrogen (secondary N) is 2. The number of imidazole rings is 1. The quantitative estimate of drug-likeness (QED) is 0.606. The van der Waals surface area contributed by atoms with E-state index in [4.69, 9.17) is 0 Å². The van der Waals surface area contributed by atoms with E-state index in [1.54, 1.807) is 12.4 Å². The summed E-state index contributed by atoms with van der Waals surface area (Å²) < 4.78 is 1.42. The fourth-order valence-corrected chi connectivity index (χ4v) is 1.27. The van der Waals surface area contributed by atoms with Gasteiger partial charge in [-0.25, -0.2) is 10.3 Å². The van der Waals surface area contributed by atoms with Crippen molar-refractivity contribution in [1.29, 1.82) is 0 Å². The first-order valence-electron chi connectivity index (χ1n) is 4.63.